The van der Waals surface area contributed by atoms with Crippen molar-refractivity contribution in [3.63, 3.8) is 0 Å². The average molecular weight is 365 g/mol. The van der Waals surface area contributed by atoms with E-state index in [2.05, 4.69) is 4.98 Å². The Morgan fingerprint density at radius 2 is 2.04 bits per heavy atom. The highest BCUT2D eigenvalue weighted by molar-refractivity contribution is 5.79. The first-order chi connectivity index (χ1) is 12.4. The van der Waals surface area contributed by atoms with Crippen LogP contribution in [0.25, 0.3) is 0 Å². The van der Waals surface area contributed by atoms with Crippen LogP contribution < -0.4 is 11.2 Å². The van der Waals surface area contributed by atoms with Crippen LogP contribution in [0, 0.1) is 11.8 Å². The first kappa shape index (κ1) is 20.3. The lowest BCUT2D eigenvalue weighted by Crippen LogP contribution is -2.50. The lowest BCUT2D eigenvalue weighted by Gasteiger charge is -2.40. The zero-order valence-corrected chi connectivity index (χ0v) is 14.7. The number of carbonyl (C=O) groups excluding carboxylic acids is 2. The quantitative estimate of drug-likeness (QED) is 0.331. The minimum absolute atomic E-state index is 0.0109. The standard InChI is InChI=1S/C18H27N3O5/c19-16(23)12-6-8-18(25,9-7-12)15(17(24)21-26)11-14(22)5-4-13-3-1-2-10-20-13/h1-3,10,12,14-15,22,25-26H,4-9,11H2,(H2,19,23)(H,21,24). The number of carbonyl (C=O) groups is 2. The van der Waals surface area contributed by atoms with Gasteiger partial charge in [-0.05, 0) is 57.1 Å². The minimum atomic E-state index is -1.38. The molecule has 0 radical (unpaired) electrons. The molecule has 1 aliphatic rings. The van der Waals surface area contributed by atoms with Crippen molar-refractivity contribution in [2.75, 3.05) is 0 Å². The lowest BCUT2D eigenvalue weighted by molar-refractivity contribution is -0.150. The van der Waals surface area contributed by atoms with E-state index in [1.165, 1.54) is 0 Å². The molecular weight excluding hydrogens is 338 g/mol. The number of nitrogens with two attached hydrogens (primary N) is 1. The van der Waals surface area contributed by atoms with E-state index in [9.17, 15) is 19.8 Å². The Kier molecular flexibility index (Phi) is 7.07. The van der Waals surface area contributed by atoms with Crippen molar-refractivity contribution in [2.45, 2.75) is 56.7 Å². The summed E-state index contributed by atoms with van der Waals surface area (Å²) in [5, 5.41) is 30.3. The van der Waals surface area contributed by atoms with E-state index < -0.39 is 29.4 Å². The van der Waals surface area contributed by atoms with Gasteiger partial charge < -0.3 is 15.9 Å². The number of aryl methyl sites for hydroxylation is 1. The molecule has 1 fully saturated rings. The van der Waals surface area contributed by atoms with Crippen LogP contribution in [0.2, 0.25) is 0 Å². The van der Waals surface area contributed by atoms with Crippen molar-refractivity contribution in [1.29, 1.82) is 0 Å². The van der Waals surface area contributed by atoms with Crippen molar-refractivity contribution in [3.05, 3.63) is 30.1 Å². The Balaban J connectivity index is 1.98. The number of nitrogens with zero attached hydrogens (tertiary/aromatic N) is 1. The molecule has 2 atom stereocenters. The Morgan fingerprint density at radius 3 is 2.58 bits per heavy atom. The molecule has 0 spiro atoms. The third-order valence-electron chi connectivity index (χ3n) is 5.30. The SMILES string of the molecule is NC(=O)C1CCC(O)(C(CC(O)CCc2ccccn2)C(=O)NO)CC1. The molecule has 1 aromatic heterocycles. The van der Waals surface area contributed by atoms with Gasteiger partial charge in [0.05, 0.1) is 17.6 Å². The maximum Gasteiger partial charge on any atom is 0.249 e. The van der Waals surface area contributed by atoms with Crippen LogP contribution in [-0.4, -0.2) is 43.9 Å². The summed E-state index contributed by atoms with van der Waals surface area (Å²) in [6.07, 6.45) is 2.95. The molecule has 0 aromatic carbocycles. The lowest BCUT2D eigenvalue weighted by atomic mass is 9.70. The number of aliphatic hydroxyl groups excluding tert-OH is 1. The van der Waals surface area contributed by atoms with Gasteiger partial charge >= 0.3 is 0 Å². The number of hydrogen-bond donors (Lipinski definition) is 5. The fraction of sp³-hybridized carbons (Fsp3) is 0.611. The fourth-order valence-corrected chi connectivity index (χ4v) is 3.65. The predicted octanol–water partition coefficient (Wildman–Crippen LogP) is 0.293. The first-order valence-corrected chi connectivity index (χ1v) is 8.89. The summed E-state index contributed by atoms with van der Waals surface area (Å²) in [5.41, 5.74) is 6.34. The highest BCUT2D eigenvalue weighted by Gasteiger charge is 2.45. The van der Waals surface area contributed by atoms with Crippen LogP contribution >= 0.6 is 0 Å². The molecule has 1 aromatic rings. The topological polar surface area (TPSA) is 146 Å². The molecule has 2 rings (SSSR count). The van der Waals surface area contributed by atoms with E-state index in [0.29, 0.717) is 25.7 Å². The van der Waals surface area contributed by atoms with Gasteiger partial charge in [0.2, 0.25) is 11.8 Å². The van der Waals surface area contributed by atoms with Gasteiger partial charge in [0.25, 0.3) is 0 Å². The van der Waals surface area contributed by atoms with Crippen LogP contribution in [0.15, 0.2) is 24.4 Å². The largest absolute Gasteiger partial charge is 0.393 e. The highest BCUT2D eigenvalue weighted by Crippen LogP contribution is 2.39. The summed E-state index contributed by atoms with van der Waals surface area (Å²) in [6.45, 7) is 0. The second-order valence-electron chi connectivity index (χ2n) is 7.06. The zero-order chi connectivity index (χ0) is 19.2. The van der Waals surface area contributed by atoms with Gasteiger partial charge in [0.15, 0.2) is 0 Å². The Hall–Kier alpha value is -2.03. The maximum atomic E-state index is 12.1. The van der Waals surface area contributed by atoms with Crippen LogP contribution in [0.1, 0.15) is 44.2 Å². The van der Waals surface area contributed by atoms with Crippen LogP contribution in [0.3, 0.4) is 0 Å². The highest BCUT2D eigenvalue weighted by atomic mass is 16.5. The summed E-state index contributed by atoms with van der Waals surface area (Å²) in [6, 6.07) is 5.51. The minimum Gasteiger partial charge on any atom is -0.393 e. The third kappa shape index (κ3) is 5.23. The van der Waals surface area contributed by atoms with Crippen molar-refractivity contribution in [3.8, 4) is 0 Å². The number of nitrogens with one attached hydrogen (secondary N) is 1. The van der Waals surface area contributed by atoms with Crippen molar-refractivity contribution >= 4 is 11.8 Å². The van der Waals surface area contributed by atoms with Gasteiger partial charge in [0.1, 0.15) is 0 Å². The van der Waals surface area contributed by atoms with Gasteiger partial charge in [-0.1, -0.05) is 6.07 Å². The molecule has 1 aliphatic carbocycles. The van der Waals surface area contributed by atoms with Crippen LogP contribution in [0.4, 0.5) is 0 Å². The molecule has 0 saturated heterocycles. The number of hydrogen-bond acceptors (Lipinski definition) is 6. The summed E-state index contributed by atoms with van der Waals surface area (Å²) >= 11 is 0. The number of hydroxylamine groups is 1. The van der Waals surface area contributed by atoms with Crippen LogP contribution in [-0.2, 0) is 16.0 Å². The van der Waals surface area contributed by atoms with Crippen molar-refractivity contribution in [1.82, 2.24) is 10.5 Å². The summed E-state index contributed by atoms with van der Waals surface area (Å²) in [4.78, 5) is 27.6. The van der Waals surface area contributed by atoms with Gasteiger partial charge in [-0.3, -0.25) is 19.8 Å². The average Bonchev–Trinajstić information content (AvgIpc) is 2.65. The number of pyridine rings is 1. The van der Waals surface area contributed by atoms with Gasteiger partial charge in [-0.15, -0.1) is 0 Å². The van der Waals surface area contributed by atoms with Crippen LogP contribution in [0.5, 0.6) is 0 Å². The van der Waals surface area contributed by atoms with E-state index in [4.69, 9.17) is 10.9 Å². The fourth-order valence-electron chi connectivity index (χ4n) is 3.65. The van der Waals surface area contributed by atoms with Gasteiger partial charge in [-0.25, -0.2) is 5.48 Å². The van der Waals surface area contributed by atoms with Gasteiger partial charge in [0, 0.05) is 17.8 Å². The Morgan fingerprint density at radius 1 is 1.35 bits per heavy atom. The molecule has 0 bridgehead atoms. The van der Waals surface area contributed by atoms with E-state index in [-0.39, 0.29) is 25.2 Å². The predicted molar refractivity (Wildman–Crippen MR) is 92.7 cm³/mol. The smallest absolute Gasteiger partial charge is 0.249 e. The first-order valence-electron chi connectivity index (χ1n) is 8.89. The number of primary amides is 1. The molecule has 26 heavy (non-hydrogen) atoms. The Labute approximate surface area is 152 Å². The molecule has 1 saturated carbocycles. The second-order valence-corrected chi connectivity index (χ2v) is 7.06. The molecule has 144 valence electrons. The van der Waals surface area contributed by atoms with Crippen molar-refractivity contribution in [2.24, 2.45) is 17.6 Å². The number of amides is 2. The Bertz CT molecular complexity index is 602. The third-order valence-corrected chi connectivity index (χ3v) is 5.30. The summed E-state index contributed by atoms with van der Waals surface area (Å²) in [7, 11) is 0. The molecule has 2 unspecified atom stereocenters. The molecule has 6 N–H and O–H groups in total. The van der Waals surface area contributed by atoms with E-state index >= 15 is 0 Å². The molecule has 8 nitrogen and oxygen atoms in total. The van der Waals surface area contributed by atoms with Gasteiger partial charge in [-0.2, -0.15) is 0 Å². The number of rotatable bonds is 8. The second kappa shape index (κ2) is 9.07. The normalized spacial score (nSPS) is 25.3. The number of aromatic nitrogens is 1. The number of aliphatic hydroxyl groups is 2. The zero-order valence-electron chi connectivity index (χ0n) is 14.7. The van der Waals surface area contributed by atoms with Crippen molar-refractivity contribution < 1.29 is 25.0 Å². The van der Waals surface area contributed by atoms with E-state index in [1.54, 1.807) is 17.7 Å². The van der Waals surface area contributed by atoms with E-state index in [0.717, 1.165) is 5.69 Å². The summed E-state index contributed by atoms with van der Waals surface area (Å²) in [5.74, 6) is -2.44. The maximum absolute atomic E-state index is 12.1. The summed E-state index contributed by atoms with van der Waals surface area (Å²) < 4.78 is 0. The molecular formula is C18H27N3O5. The molecule has 2 amide bonds. The molecule has 0 aliphatic heterocycles. The molecule has 1 heterocycles. The monoisotopic (exact) mass is 365 g/mol. The molecule has 8 heteroatoms. The van der Waals surface area contributed by atoms with E-state index in [1.807, 2.05) is 12.1 Å².